The number of carbonyl (C=O) groups excluding carboxylic acids is 1. The van der Waals surface area contributed by atoms with Crippen molar-refractivity contribution in [1.29, 1.82) is 0 Å². The molecule has 0 amide bonds. The minimum Gasteiger partial charge on any atom is -0.459 e. The van der Waals surface area contributed by atoms with Crippen LogP contribution in [0.25, 0.3) is 0 Å². The third kappa shape index (κ3) is 3.63. The van der Waals surface area contributed by atoms with Gasteiger partial charge < -0.3 is 4.74 Å². The predicted octanol–water partition coefficient (Wildman–Crippen LogP) is 3.92. The molecule has 94 valence electrons. The van der Waals surface area contributed by atoms with Crippen LogP contribution >= 0.6 is 11.6 Å². The number of hydrogen-bond donors (Lipinski definition) is 0. The Morgan fingerprint density at radius 3 is 2.35 bits per heavy atom. The first-order valence-corrected chi connectivity index (χ1v) is 5.17. The first-order valence-electron chi connectivity index (χ1n) is 4.79. The minimum absolute atomic E-state index is 0.0756. The Morgan fingerprint density at radius 2 is 1.94 bits per heavy atom. The lowest BCUT2D eigenvalue weighted by Crippen LogP contribution is -2.13. The van der Waals surface area contributed by atoms with Crippen molar-refractivity contribution in [3.63, 3.8) is 0 Å². The van der Waals surface area contributed by atoms with E-state index < -0.39 is 17.7 Å². The van der Waals surface area contributed by atoms with Crippen molar-refractivity contribution in [3.8, 4) is 0 Å². The Kier molecular flexibility index (Phi) is 4.03. The molecule has 6 heteroatoms. The van der Waals surface area contributed by atoms with Crippen LogP contribution in [0.1, 0.15) is 29.8 Å². The summed E-state index contributed by atoms with van der Waals surface area (Å²) in [6, 6.07) is 2.51. The maximum atomic E-state index is 12.3. The lowest BCUT2D eigenvalue weighted by molar-refractivity contribution is -0.137. The van der Waals surface area contributed by atoms with Gasteiger partial charge in [-0.1, -0.05) is 11.6 Å². The van der Waals surface area contributed by atoms with Gasteiger partial charge in [0.25, 0.3) is 0 Å². The quantitative estimate of drug-likeness (QED) is 0.758. The number of alkyl halides is 3. The molecular formula is C11H10ClF3O2. The molecule has 0 aliphatic rings. The van der Waals surface area contributed by atoms with Gasteiger partial charge in [0.2, 0.25) is 0 Å². The third-order valence-corrected chi connectivity index (χ3v) is 2.17. The summed E-state index contributed by atoms with van der Waals surface area (Å²) < 4.78 is 41.8. The lowest BCUT2D eigenvalue weighted by atomic mass is 10.1. The molecule has 2 nitrogen and oxygen atoms in total. The molecule has 17 heavy (non-hydrogen) atoms. The summed E-state index contributed by atoms with van der Waals surface area (Å²) >= 11 is 5.61. The highest BCUT2D eigenvalue weighted by Gasteiger charge is 2.31. The fraction of sp³-hybridized carbons (Fsp3) is 0.364. The maximum absolute atomic E-state index is 12.3. The molecule has 0 aromatic heterocycles. The van der Waals surface area contributed by atoms with E-state index in [-0.39, 0.29) is 16.7 Å². The van der Waals surface area contributed by atoms with E-state index >= 15 is 0 Å². The van der Waals surface area contributed by atoms with Gasteiger partial charge in [0.15, 0.2) is 0 Å². The van der Waals surface area contributed by atoms with Gasteiger partial charge in [-0.25, -0.2) is 4.79 Å². The van der Waals surface area contributed by atoms with Gasteiger partial charge in [-0.05, 0) is 32.0 Å². The maximum Gasteiger partial charge on any atom is 0.416 e. The minimum atomic E-state index is -4.48. The molecule has 0 N–H and O–H groups in total. The van der Waals surface area contributed by atoms with E-state index in [2.05, 4.69) is 0 Å². The monoisotopic (exact) mass is 266 g/mol. The second kappa shape index (κ2) is 4.96. The van der Waals surface area contributed by atoms with Gasteiger partial charge >= 0.3 is 12.1 Å². The fourth-order valence-corrected chi connectivity index (χ4v) is 1.39. The molecule has 0 bridgehead atoms. The van der Waals surface area contributed by atoms with E-state index in [1.165, 1.54) is 0 Å². The highest BCUT2D eigenvalue weighted by Crippen LogP contribution is 2.32. The highest BCUT2D eigenvalue weighted by molar-refractivity contribution is 6.33. The second-order valence-corrected chi connectivity index (χ2v) is 4.05. The zero-order valence-electron chi connectivity index (χ0n) is 9.14. The van der Waals surface area contributed by atoms with E-state index in [1.807, 2.05) is 0 Å². The molecule has 0 saturated carbocycles. The fourth-order valence-electron chi connectivity index (χ4n) is 1.13. The Hall–Kier alpha value is -1.23. The van der Waals surface area contributed by atoms with Crippen molar-refractivity contribution in [2.45, 2.75) is 26.1 Å². The molecule has 0 unspecified atom stereocenters. The molecule has 0 atom stereocenters. The first kappa shape index (κ1) is 13.8. The van der Waals surface area contributed by atoms with Crippen LogP contribution in [0, 0.1) is 0 Å². The van der Waals surface area contributed by atoms with Gasteiger partial charge in [0, 0.05) is 0 Å². The molecule has 1 aromatic rings. The summed E-state index contributed by atoms with van der Waals surface area (Å²) in [5, 5.41) is -0.273. The van der Waals surface area contributed by atoms with Crippen LogP contribution in [0.4, 0.5) is 13.2 Å². The van der Waals surface area contributed by atoms with Gasteiger partial charge in [-0.3, -0.25) is 0 Å². The molecule has 0 aliphatic carbocycles. The van der Waals surface area contributed by atoms with Gasteiger partial charge in [-0.15, -0.1) is 0 Å². The number of carbonyl (C=O) groups is 1. The number of rotatable bonds is 2. The Bertz CT molecular complexity index is 427. The molecule has 0 heterocycles. The van der Waals surface area contributed by atoms with Crippen LogP contribution in [0.3, 0.4) is 0 Å². The number of halogens is 4. The molecule has 1 aromatic carbocycles. The molecule has 0 spiro atoms. The second-order valence-electron chi connectivity index (χ2n) is 3.65. The van der Waals surface area contributed by atoms with Crippen molar-refractivity contribution in [3.05, 3.63) is 34.3 Å². The topological polar surface area (TPSA) is 26.3 Å². The predicted molar refractivity (Wildman–Crippen MR) is 57.0 cm³/mol. The van der Waals surface area contributed by atoms with Crippen molar-refractivity contribution >= 4 is 17.6 Å². The van der Waals surface area contributed by atoms with Gasteiger partial charge in [0.05, 0.1) is 22.3 Å². The third-order valence-electron chi connectivity index (χ3n) is 1.86. The summed E-state index contributed by atoms with van der Waals surface area (Å²) in [6.07, 6.45) is -4.84. The van der Waals surface area contributed by atoms with Crippen LogP contribution in [-0.2, 0) is 10.9 Å². The lowest BCUT2D eigenvalue weighted by Gasteiger charge is -2.11. The zero-order valence-corrected chi connectivity index (χ0v) is 9.89. The van der Waals surface area contributed by atoms with Crippen molar-refractivity contribution in [2.24, 2.45) is 0 Å². The Labute approximate surface area is 101 Å². The summed E-state index contributed by atoms with van der Waals surface area (Å²) in [5.41, 5.74) is -0.975. The normalized spacial score (nSPS) is 11.7. The zero-order chi connectivity index (χ0) is 13.2. The van der Waals surface area contributed by atoms with Crippen molar-refractivity contribution < 1.29 is 22.7 Å². The molecule has 0 aliphatic heterocycles. The molecule has 0 saturated heterocycles. The van der Waals surface area contributed by atoms with Gasteiger partial charge in [-0.2, -0.15) is 13.2 Å². The van der Waals surface area contributed by atoms with Crippen molar-refractivity contribution in [1.82, 2.24) is 0 Å². The number of esters is 1. The largest absolute Gasteiger partial charge is 0.459 e. The number of hydrogen-bond acceptors (Lipinski definition) is 2. The van der Waals surface area contributed by atoms with Crippen LogP contribution in [0.15, 0.2) is 18.2 Å². The SMILES string of the molecule is CC(C)OC(=O)c1ccc(C(F)(F)F)cc1Cl. The molecule has 0 radical (unpaired) electrons. The molecular weight excluding hydrogens is 257 g/mol. The average Bonchev–Trinajstić information content (AvgIpc) is 2.14. The van der Waals surface area contributed by atoms with Crippen LogP contribution in [-0.4, -0.2) is 12.1 Å². The standard InChI is InChI=1S/C11H10ClF3O2/c1-6(2)17-10(16)8-4-3-7(5-9(8)12)11(13,14)15/h3-6H,1-2H3. The Morgan fingerprint density at radius 1 is 1.35 bits per heavy atom. The summed E-state index contributed by atoms with van der Waals surface area (Å²) in [5.74, 6) is -0.737. The average molecular weight is 267 g/mol. The molecule has 0 fully saturated rings. The van der Waals surface area contributed by atoms with E-state index in [4.69, 9.17) is 16.3 Å². The Balaban J connectivity index is 3.02. The van der Waals surface area contributed by atoms with Crippen LogP contribution < -0.4 is 0 Å². The van der Waals surface area contributed by atoms with E-state index in [0.717, 1.165) is 12.1 Å². The van der Waals surface area contributed by atoms with E-state index in [9.17, 15) is 18.0 Å². The first-order chi connectivity index (χ1) is 7.71. The summed E-state index contributed by atoms with van der Waals surface area (Å²) in [7, 11) is 0. The molecule has 1 rings (SSSR count). The van der Waals surface area contributed by atoms with E-state index in [1.54, 1.807) is 13.8 Å². The van der Waals surface area contributed by atoms with Crippen LogP contribution in [0.2, 0.25) is 5.02 Å². The number of benzene rings is 1. The van der Waals surface area contributed by atoms with E-state index in [0.29, 0.717) is 6.07 Å². The number of ether oxygens (including phenoxy) is 1. The smallest absolute Gasteiger partial charge is 0.416 e. The van der Waals surface area contributed by atoms with Gasteiger partial charge in [0.1, 0.15) is 0 Å². The van der Waals surface area contributed by atoms with Crippen molar-refractivity contribution in [2.75, 3.05) is 0 Å². The summed E-state index contributed by atoms with van der Waals surface area (Å²) in [6.45, 7) is 3.27. The van der Waals surface area contributed by atoms with Crippen LogP contribution in [0.5, 0.6) is 0 Å². The highest BCUT2D eigenvalue weighted by atomic mass is 35.5. The summed E-state index contributed by atoms with van der Waals surface area (Å²) in [4.78, 5) is 11.4.